The van der Waals surface area contributed by atoms with Gasteiger partial charge in [0.25, 0.3) is 5.91 Å². The van der Waals surface area contributed by atoms with Gasteiger partial charge in [0.2, 0.25) is 0 Å². The molecule has 0 aliphatic carbocycles. The van der Waals surface area contributed by atoms with E-state index in [0.29, 0.717) is 30.6 Å². The zero-order valence-corrected chi connectivity index (χ0v) is 13.0. The number of nitrogens with one attached hydrogen (secondary N) is 1. The Hall–Kier alpha value is -2.98. The molecule has 0 bridgehead atoms. The number of morpholine rings is 1. The summed E-state index contributed by atoms with van der Waals surface area (Å²) >= 11 is 0. The molecule has 1 saturated heterocycles. The summed E-state index contributed by atoms with van der Waals surface area (Å²) < 4.78 is 16.1. The molecule has 7 heteroatoms. The molecule has 1 aliphatic heterocycles. The third kappa shape index (κ3) is 3.86. The third-order valence-corrected chi connectivity index (χ3v) is 3.59. The molecule has 7 nitrogen and oxygen atoms in total. The number of hydrogen-bond acceptors (Lipinski definition) is 6. The van der Waals surface area contributed by atoms with Crippen molar-refractivity contribution in [2.45, 2.75) is 6.54 Å². The quantitative estimate of drug-likeness (QED) is 0.666. The lowest BCUT2D eigenvalue weighted by Crippen LogP contribution is -2.35. The van der Waals surface area contributed by atoms with Crippen LogP contribution in [-0.2, 0) is 16.1 Å². The van der Waals surface area contributed by atoms with Gasteiger partial charge in [-0.05, 0) is 18.2 Å². The smallest absolute Gasteiger partial charge is 0.262 e. The van der Waals surface area contributed by atoms with Crippen molar-refractivity contribution in [3.8, 4) is 6.07 Å². The minimum atomic E-state index is -0.474. The van der Waals surface area contributed by atoms with E-state index >= 15 is 0 Å². The fourth-order valence-electron chi connectivity index (χ4n) is 2.34. The maximum Gasteiger partial charge on any atom is 0.262 e. The average Bonchev–Trinajstić information content (AvgIpc) is 3.30. The number of furan rings is 2. The van der Waals surface area contributed by atoms with E-state index in [4.69, 9.17) is 13.6 Å². The van der Waals surface area contributed by atoms with Gasteiger partial charge in [-0.1, -0.05) is 0 Å². The van der Waals surface area contributed by atoms with Gasteiger partial charge in [0.1, 0.15) is 23.2 Å². The van der Waals surface area contributed by atoms with Crippen LogP contribution in [0.1, 0.15) is 11.5 Å². The van der Waals surface area contributed by atoms with E-state index in [2.05, 4.69) is 10.2 Å². The third-order valence-electron chi connectivity index (χ3n) is 3.59. The number of hydrogen-bond donors (Lipinski definition) is 1. The molecule has 1 N–H and O–H groups in total. The predicted molar refractivity (Wildman–Crippen MR) is 85.9 cm³/mol. The van der Waals surface area contributed by atoms with E-state index in [1.165, 1.54) is 12.3 Å². The van der Waals surface area contributed by atoms with Crippen LogP contribution >= 0.6 is 0 Å². The number of carbonyl (C=O) groups excluding carboxylic acids is 1. The van der Waals surface area contributed by atoms with Gasteiger partial charge in [0, 0.05) is 25.2 Å². The van der Waals surface area contributed by atoms with E-state index in [9.17, 15) is 10.1 Å². The second-order valence-electron chi connectivity index (χ2n) is 5.21. The highest BCUT2D eigenvalue weighted by molar-refractivity contribution is 6.01. The summed E-state index contributed by atoms with van der Waals surface area (Å²) in [5.74, 6) is 1.31. The molecule has 1 amide bonds. The Labute approximate surface area is 139 Å². The van der Waals surface area contributed by atoms with Gasteiger partial charge in [-0.15, -0.1) is 0 Å². The van der Waals surface area contributed by atoms with Crippen LogP contribution < -0.4 is 10.2 Å². The first-order chi connectivity index (χ1) is 11.8. The van der Waals surface area contributed by atoms with E-state index in [-0.39, 0.29) is 12.1 Å². The first kappa shape index (κ1) is 15.9. The summed E-state index contributed by atoms with van der Waals surface area (Å²) in [6.07, 6.45) is 2.96. The molecule has 0 unspecified atom stereocenters. The molecule has 3 rings (SSSR count). The van der Waals surface area contributed by atoms with Gasteiger partial charge in [-0.2, -0.15) is 5.26 Å². The molecule has 3 heterocycles. The number of ether oxygens (including phenoxy) is 1. The van der Waals surface area contributed by atoms with Crippen LogP contribution in [0.3, 0.4) is 0 Å². The summed E-state index contributed by atoms with van der Waals surface area (Å²) in [7, 11) is 0. The highest BCUT2D eigenvalue weighted by Gasteiger charge is 2.15. The lowest BCUT2D eigenvalue weighted by molar-refractivity contribution is -0.117. The molecule has 1 fully saturated rings. The summed E-state index contributed by atoms with van der Waals surface area (Å²) in [5.41, 5.74) is -0.0237. The minimum absolute atomic E-state index is 0.0237. The fourth-order valence-corrected chi connectivity index (χ4v) is 2.34. The summed E-state index contributed by atoms with van der Waals surface area (Å²) in [5, 5.41) is 11.8. The minimum Gasteiger partial charge on any atom is -0.467 e. The number of rotatable bonds is 5. The Morgan fingerprint density at radius 2 is 2.17 bits per heavy atom. The van der Waals surface area contributed by atoms with Crippen molar-refractivity contribution >= 4 is 17.9 Å². The molecule has 1 aliphatic rings. The van der Waals surface area contributed by atoms with Crippen molar-refractivity contribution in [1.29, 1.82) is 5.26 Å². The maximum atomic E-state index is 12.1. The van der Waals surface area contributed by atoms with Crippen molar-refractivity contribution in [2.24, 2.45) is 0 Å². The van der Waals surface area contributed by atoms with E-state index < -0.39 is 5.91 Å². The van der Waals surface area contributed by atoms with Crippen LogP contribution in [0.4, 0.5) is 5.88 Å². The van der Waals surface area contributed by atoms with Crippen molar-refractivity contribution in [3.05, 3.63) is 47.6 Å². The summed E-state index contributed by atoms with van der Waals surface area (Å²) in [6, 6.07) is 8.94. The average molecular weight is 327 g/mol. The molecule has 0 spiro atoms. The Kier molecular flexibility index (Phi) is 4.99. The second kappa shape index (κ2) is 7.53. The van der Waals surface area contributed by atoms with Crippen molar-refractivity contribution in [3.63, 3.8) is 0 Å². The number of amides is 1. The van der Waals surface area contributed by atoms with Crippen LogP contribution in [0, 0.1) is 11.3 Å². The molecule has 24 heavy (non-hydrogen) atoms. The van der Waals surface area contributed by atoms with Gasteiger partial charge >= 0.3 is 0 Å². The monoisotopic (exact) mass is 327 g/mol. The SMILES string of the molecule is N#CC(=Cc1ccc(N2CCOCC2)o1)C(=O)NCc1ccco1. The van der Waals surface area contributed by atoms with Crippen LogP contribution in [0.25, 0.3) is 6.08 Å². The number of nitrogens with zero attached hydrogens (tertiary/aromatic N) is 2. The summed E-state index contributed by atoms with van der Waals surface area (Å²) in [6.45, 7) is 3.05. The van der Waals surface area contributed by atoms with Gasteiger partial charge in [-0.3, -0.25) is 4.79 Å². The highest BCUT2D eigenvalue weighted by atomic mass is 16.5. The summed E-state index contributed by atoms with van der Waals surface area (Å²) in [4.78, 5) is 14.1. The molecule has 2 aromatic heterocycles. The Balaban J connectivity index is 1.65. The zero-order chi connectivity index (χ0) is 16.8. The molecular weight excluding hydrogens is 310 g/mol. The first-order valence-corrected chi connectivity index (χ1v) is 7.61. The van der Waals surface area contributed by atoms with E-state index in [1.54, 1.807) is 18.2 Å². The number of anilines is 1. The number of nitriles is 1. The second-order valence-corrected chi connectivity index (χ2v) is 5.21. The maximum absolute atomic E-state index is 12.1. The van der Waals surface area contributed by atoms with Crippen LogP contribution in [0.2, 0.25) is 0 Å². The molecule has 0 atom stereocenters. The van der Waals surface area contributed by atoms with E-state index in [0.717, 1.165) is 13.1 Å². The molecule has 2 aromatic rings. The largest absolute Gasteiger partial charge is 0.467 e. The molecular formula is C17H17N3O4. The molecule has 0 aromatic carbocycles. The van der Waals surface area contributed by atoms with E-state index in [1.807, 2.05) is 12.1 Å². The molecule has 124 valence electrons. The van der Waals surface area contributed by atoms with Crippen LogP contribution in [0.15, 0.2) is 44.9 Å². The van der Waals surface area contributed by atoms with Gasteiger partial charge in [0.15, 0.2) is 5.88 Å². The van der Waals surface area contributed by atoms with Crippen LogP contribution in [0.5, 0.6) is 0 Å². The van der Waals surface area contributed by atoms with Crippen molar-refractivity contribution < 1.29 is 18.4 Å². The number of carbonyl (C=O) groups is 1. The fraction of sp³-hybridized carbons (Fsp3) is 0.294. The van der Waals surface area contributed by atoms with Crippen LogP contribution in [-0.4, -0.2) is 32.2 Å². The topological polar surface area (TPSA) is 91.6 Å². The van der Waals surface area contributed by atoms with Gasteiger partial charge in [-0.25, -0.2) is 0 Å². The normalized spacial score (nSPS) is 15.1. The van der Waals surface area contributed by atoms with Gasteiger partial charge < -0.3 is 23.8 Å². The highest BCUT2D eigenvalue weighted by Crippen LogP contribution is 2.21. The van der Waals surface area contributed by atoms with Crippen molar-refractivity contribution in [2.75, 3.05) is 31.2 Å². The lowest BCUT2D eigenvalue weighted by Gasteiger charge is -2.26. The van der Waals surface area contributed by atoms with Gasteiger partial charge in [0.05, 0.1) is 26.0 Å². The molecule has 0 radical (unpaired) electrons. The Morgan fingerprint density at radius 1 is 1.33 bits per heavy atom. The standard InChI is InChI=1S/C17H17N3O4/c18-11-13(17(21)19-12-15-2-1-7-23-15)10-14-3-4-16(24-14)20-5-8-22-9-6-20/h1-4,7,10H,5-6,8-9,12H2,(H,19,21). The first-order valence-electron chi connectivity index (χ1n) is 7.61. The predicted octanol–water partition coefficient (Wildman–Crippen LogP) is 1.93. The zero-order valence-electron chi connectivity index (χ0n) is 13.0. The Morgan fingerprint density at radius 3 is 2.88 bits per heavy atom. The van der Waals surface area contributed by atoms with Crippen molar-refractivity contribution in [1.82, 2.24) is 5.32 Å². The molecule has 0 saturated carbocycles. The lowest BCUT2D eigenvalue weighted by atomic mass is 10.2. The Bertz CT molecular complexity index is 749.